The molecule has 0 saturated heterocycles. The molecule has 1 unspecified atom stereocenters. The van der Waals surface area contributed by atoms with Crippen LogP contribution in [0.25, 0.3) is 0 Å². The van der Waals surface area contributed by atoms with Gasteiger partial charge < -0.3 is 14.2 Å². The predicted molar refractivity (Wildman–Crippen MR) is 292 cm³/mol. The zero-order valence-corrected chi connectivity index (χ0v) is 43.6. The van der Waals surface area contributed by atoms with Crippen molar-refractivity contribution < 1.29 is 28.6 Å². The molecule has 1 atom stereocenters. The Morgan fingerprint density at radius 3 is 1.09 bits per heavy atom. The first-order chi connectivity index (χ1) is 33.5. The third-order valence-electron chi connectivity index (χ3n) is 11.0. The van der Waals surface area contributed by atoms with Gasteiger partial charge in [-0.15, -0.1) is 0 Å². The van der Waals surface area contributed by atoms with Crippen molar-refractivity contribution in [1.29, 1.82) is 0 Å². The van der Waals surface area contributed by atoms with E-state index >= 15 is 0 Å². The highest BCUT2D eigenvalue weighted by atomic mass is 16.6. The number of carbonyl (C=O) groups excluding carboxylic acids is 3. The van der Waals surface area contributed by atoms with Crippen molar-refractivity contribution in [2.45, 2.75) is 226 Å². The summed E-state index contributed by atoms with van der Waals surface area (Å²) in [7, 11) is 0. The van der Waals surface area contributed by atoms with E-state index in [-0.39, 0.29) is 44.0 Å². The van der Waals surface area contributed by atoms with Crippen LogP contribution >= 0.6 is 0 Å². The van der Waals surface area contributed by atoms with E-state index in [0.29, 0.717) is 19.3 Å². The molecule has 0 aliphatic carbocycles. The molecule has 0 aliphatic heterocycles. The molecule has 0 radical (unpaired) electrons. The van der Waals surface area contributed by atoms with E-state index in [0.717, 1.165) is 89.9 Å². The Morgan fingerprint density at radius 1 is 0.324 bits per heavy atom. The van der Waals surface area contributed by atoms with Gasteiger partial charge in [0, 0.05) is 19.3 Å². The van der Waals surface area contributed by atoms with Gasteiger partial charge in [0.15, 0.2) is 6.10 Å². The molecule has 0 aromatic rings. The monoisotopic (exact) mass is 939 g/mol. The molecule has 0 aliphatic rings. The number of hydrogen-bond donors (Lipinski definition) is 0. The fourth-order valence-electron chi connectivity index (χ4n) is 6.95. The first-order valence-corrected chi connectivity index (χ1v) is 27.3. The number of unbranched alkanes of at least 4 members (excludes halogenated alkanes) is 20. The number of hydrogen-bond acceptors (Lipinski definition) is 6. The van der Waals surface area contributed by atoms with Crippen LogP contribution in [-0.2, 0) is 28.6 Å². The average Bonchev–Trinajstić information content (AvgIpc) is 3.34. The second kappa shape index (κ2) is 55.1. The molecule has 68 heavy (non-hydrogen) atoms. The number of ether oxygens (including phenoxy) is 3. The zero-order chi connectivity index (χ0) is 49.3. The molecule has 0 bridgehead atoms. The summed E-state index contributed by atoms with van der Waals surface area (Å²) in [6, 6.07) is 0. The molecule has 382 valence electrons. The van der Waals surface area contributed by atoms with Crippen LogP contribution in [0.5, 0.6) is 0 Å². The van der Waals surface area contributed by atoms with Crippen LogP contribution in [0.4, 0.5) is 0 Å². The highest BCUT2D eigenvalue weighted by molar-refractivity contribution is 5.71. The van der Waals surface area contributed by atoms with Crippen LogP contribution in [0.2, 0.25) is 0 Å². The molecule has 6 nitrogen and oxygen atoms in total. The molecule has 0 spiro atoms. The van der Waals surface area contributed by atoms with E-state index in [2.05, 4.69) is 106 Å². The van der Waals surface area contributed by atoms with Gasteiger partial charge in [0.25, 0.3) is 0 Å². The Labute approximate surface area is 417 Å². The van der Waals surface area contributed by atoms with Crippen molar-refractivity contribution in [2.24, 2.45) is 0 Å². The van der Waals surface area contributed by atoms with Crippen LogP contribution in [-0.4, -0.2) is 37.2 Å². The van der Waals surface area contributed by atoms with Gasteiger partial charge in [0.2, 0.25) is 0 Å². The molecule has 0 fully saturated rings. The van der Waals surface area contributed by atoms with E-state index in [9.17, 15) is 14.4 Å². The molecule has 6 heteroatoms. The number of rotatable bonds is 47. The van der Waals surface area contributed by atoms with Crippen LogP contribution in [0.1, 0.15) is 220 Å². The largest absolute Gasteiger partial charge is 0.462 e. The second-order valence-corrected chi connectivity index (χ2v) is 17.6. The lowest BCUT2D eigenvalue weighted by atomic mass is 10.1. The van der Waals surface area contributed by atoms with Crippen molar-refractivity contribution in [2.75, 3.05) is 13.2 Å². The summed E-state index contributed by atoms with van der Waals surface area (Å²) in [6.45, 7) is 6.36. The smallest absolute Gasteiger partial charge is 0.306 e. The van der Waals surface area contributed by atoms with Crippen molar-refractivity contribution >= 4 is 17.9 Å². The van der Waals surface area contributed by atoms with Gasteiger partial charge >= 0.3 is 17.9 Å². The van der Waals surface area contributed by atoms with Gasteiger partial charge in [-0.25, -0.2) is 0 Å². The minimum Gasteiger partial charge on any atom is -0.462 e. The van der Waals surface area contributed by atoms with Crippen molar-refractivity contribution in [1.82, 2.24) is 0 Å². The van der Waals surface area contributed by atoms with Crippen LogP contribution in [0.15, 0.2) is 134 Å². The summed E-state index contributed by atoms with van der Waals surface area (Å²) in [5, 5.41) is 0. The number of allylic oxidation sites excluding steroid dienone is 22. The Kier molecular flexibility index (Phi) is 51.5. The maximum Gasteiger partial charge on any atom is 0.306 e. The summed E-state index contributed by atoms with van der Waals surface area (Å²) in [5.41, 5.74) is 0. The third kappa shape index (κ3) is 52.5. The lowest BCUT2D eigenvalue weighted by Crippen LogP contribution is -2.30. The normalized spacial score (nSPS) is 13.2. The average molecular weight is 939 g/mol. The standard InChI is InChI=1S/C62H98O6/c1-4-7-10-13-16-19-22-25-28-30-32-34-37-40-43-46-49-52-55-61(64)67-58-59(57-66-60(63)54-51-48-45-42-39-36-33-27-24-21-18-15-12-9-6-3)68-62(65)56-53-50-47-44-41-38-35-31-29-26-23-20-17-14-11-8-5-2/h9,12,15,18,21-22,24-30,32-36,38-39,44,47,59H,4-8,10-11,13-14,16-17,19-20,23,31,37,40-43,45-46,48-58H2,1-3H3/b12-9-,18-15-,24-21-,25-22-,29-26-,30-28-,33-27-,34-32-,38-35-,39-36-,47-44-. The highest BCUT2D eigenvalue weighted by Gasteiger charge is 2.19. The fraction of sp³-hybridized carbons (Fsp3) is 0.597. The molecule has 0 amide bonds. The van der Waals surface area contributed by atoms with Gasteiger partial charge in [-0.1, -0.05) is 238 Å². The summed E-state index contributed by atoms with van der Waals surface area (Å²) in [5.74, 6) is -1.05. The predicted octanol–water partition coefficient (Wildman–Crippen LogP) is 18.3. The van der Waals surface area contributed by atoms with Crippen LogP contribution in [0, 0.1) is 0 Å². The SMILES string of the molecule is CC\C=C/C=C\C=C/C=C\C=C/CCCCCC(=O)OCC(COC(=O)CCCCCCC\C=C/C=C\C=C/CCCCCCC)OC(=O)CCC/C=C\C/C=C\C/C=C\CCCCCCCC. The van der Waals surface area contributed by atoms with Gasteiger partial charge in [-0.3, -0.25) is 14.4 Å². The lowest BCUT2D eigenvalue weighted by Gasteiger charge is -2.18. The molecule has 0 rings (SSSR count). The summed E-state index contributed by atoms with van der Waals surface area (Å²) in [6.07, 6.45) is 77.2. The summed E-state index contributed by atoms with van der Waals surface area (Å²) < 4.78 is 16.7. The number of carbonyl (C=O) groups is 3. The van der Waals surface area contributed by atoms with Gasteiger partial charge in [-0.2, -0.15) is 0 Å². The van der Waals surface area contributed by atoms with E-state index in [1.54, 1.807) is 0 Å². The molecular formula is C62H98O6. The Morgan fingerprint density at radius 2 is 0.647 bits per heavy atom. The van der Waals surface area contributed by atoms with Crippen LogP contribution < -0.4 is 0 Å². The van der Waals surface area contributed by atoms with E-state index in [4.69, 9.17) is 14.2 Å². The number of esters is 3. The Bertz CT molecular complexity index is 1500. The third-order valence-corrected chi connectivity index (χ3v) is 11.0. The van der Waals surface area contributed by atoms with E-state index in [1.165, 1.54) is 77.0 Å². The summed E-state index contributed by atoms with van der Waals surface area (Å²) in [4.78, 5) is 38.1. The maximum atomic E-state index is 12.8. The first kappa shape index (κ1) is 63.5. The molecule has 0 N–H and O–H groups in total. The topological polar surface area (TPSA) is 78.9 Å². The minimum absolute atomic E-state index is 0.127. The van der Waals surface area contributed by atoms with E-state index in [1.807, 2.05) is 48.6 Å². The zero-order valence-electron chi connectivity index (χ0n) is 43.6. The highest BCUT2D eigenvalue weighted by Crippen LogP contribution is 2.12. The van der Waals surface area contributed by atoms with Crippen molar-refractivity contribution in [3.05, 3.63) is 134 Å². The first-order valence-electron chi connectivity index (χ1n) is 27.3. The maximum absolute atomic E-state index is 12.8. The minimum atomic E-state index is -0.836. The van der Waals surface area contributed by atoms with Crippen LogP contribution in [0.3, 0.4) is 0 Å². The quantitative estimate of drug-likeness (QED) is 0.0199. The Balaban J connectivity index is 4.60. The van der Waals surface area contributed by atoms with Crippen molar-refractivity contribution in [3.8, 4) is 0 Å². The summed E-state index contributed by atoms with van der Waals surface area (Å²) >= 11 is 0. The van der Waals surface area contributed by atoms with Gasteiger partial charge in [0.05, 0.1) is 0 Å². The van der Waals surface area contributed by atoms with Gasteiger partial charge in [-0.05, 0) is 96.3 Å². The second-order valence-electron chi connectivity index (χ2n) is 17.6. The molecule has 0 aromatic carbocycles. The van der Waals surface area contributed by atoms with Crippen molar-refractivity contribution in [3.63, 3.8) is 0 Å². The molecular weight excluding hydrogens is 841 g/mol. The van der Waals surface area contributed by atoms with E-state index < -0.39 is 6.10 Å². The molecule has 0 heterocycles. The molecule has 0 saturated carbocycles. The van der Waals surface area contributed by atoms with Gasteiger partial charge in [0.1, 0.15) is 13.2 Å². The Hall–Kier alpha value is -4.45. The lowest BCUT2D eigenvalue weighted by molar-refractivity contribution is -0.167. The molecule has 0 aromatic heterocycles. The fourth-order valence-corrected chi connectivity index (χ4v) is 6.95.